The molecule has 1 N–H and O–H groups in total. The van der Waals surface area contributed by atoms with Crippen molar-refractivity contribution in [2.45, 2.75) is 25.0 Å². The Morgan fingerprint density at radius 3 is 2.93 bits per heavy atom. The van der Waals surface area contributed by atoms with Crippen LogP contribution in [0.25, 0.3) is 0 Å². The molecule has 0 aliphatic carbocycles. The molecule has 0 saturated carbocycles. The summed E-state index contributed by atoms with van der Waals surface area (Å²) < 4.78 is 120. The van der Waals surface area contributed by atoms with Crippen molar-refractivity contribution in [2.24, 2.45) is 0 Å². The van der Waals surface area contributed by atoms with Crippen LogP contribution in [0.2, 0.25) is 5.02 Å². The molecule has 11 heteroatoms. The van der Waals surface area contributed by atoms with E-state index < -0.39 is 104 Å². The van der Waals surface area contributed by atoms with Crippen LogP contribution in [-0.2, 0) is 16.4 Å². The molecule has 4 rings (SSSR count). The third kappa shape index (κ3) is 3.70. The molecular formula is C18H15ClN2O6S2. The molecule has 0 fully saturated rings. The molecule has 2 aromatic heterocycles. The number of carbonyl (C=O) groups excluding carboxylic acids is 1. The van der Waals surface area contributed by atoms with Gasteiger partial charge in [0.1, 0.15) is 18.4 Å². The summed E-state index contributed by atoms with van der Waals surface area (Å²) in [5, 5.41) is 3.88. The van der Waals surface area contributed by atoms with Crippen LogP contribution in [0.5, 0.6) is 11.5 Å². The highest BCUT2D eigenvalue weighted by Gasteiger charge is 2.27. The van der Waals surface area contributed by atoms with Gasteiger partial charge in [-0.25, -0.2) is 13.1 Å². The van der Waals surface area contributed by atoms with Gasteiger partial charge in [0.25, 0.3) is 15.9 Å². The van der Waals surface area contributed by atoms with E-state index >= 15 is 0 Å². The van der Waals surface area contributed by atoms with Crippen LogP contribution in [0.3, 0.4) is 0 Å². The van der Waals surface area contributed by atoms with Crippen LogP contribution in [0.15, 0.2) is 32.9 Å². The fourth-order valence-electron chi connectivity index (χ4n) is 2.36. The maximum absolute atomic E-state index is 13.3. The first-order valence-corrected chi connectivity index (χ1v) is 10.3. The molecule has 0 radical (unpaired) electrons. The van der Waals surface area contributed by atoms with Crippen molar-refractivity contribution in [3.63, 3.8) is 0 Å². The summed E-state index contributed by atoms with van der Waals surface area (Å²) in [6.45, 7) is -8.63. The number of aromatic nitrogens is 1. The van der Waals surface area contributed by atoms with Crippen LogP contribution in [0.4, 0.5) is 5.88 Å². The second-order valence-electron chi connectivity index (χ2n) is 5.54. The maximum atomic E-state index is 13.3. The number of aryl methyl sites for hydroxylation is 1. The van der Waals surface area contributed by atoms with Crippen molar-refractivity contribution in [3.8, 4) is 11.5 Å². The lowest BCUT2D eigenvalue weighted by atomic mass is 10.0. The molecule has 3 aromatic rings. The topological polar surface area (TPSA) is 108 Å². The number of hydrogen-bond donors (Lipinski definition) is 1. The molecule has 0 spiro atoms. The number of rotatable bonds is 6. The quantitative estimate of drug-likeness (QED) is 0.550. The van der Waals surface area contributed by atoms with Gasteiger partial charge in [0.2, 0.25) is 6.75 Å². The highest BCUT2D eigenvalue weighted by atomic mass is 35.5. The summed E-state index contributed by atoms with van der Waals surface area (Å²) >= 11 is 6.57. The number of ketones is 1. The second kappa shape index (κ2) is 7.36. The number of nitrogens with one attached hydrogen (secondary N) is 1. The Labute approximate surface area is 189 Å². The van der Waals surface area contributed by atoms with Gasteiger partial charge < -0.3 is 14.0 Å². The molecule has 3 heterocycles. The van der Waals surface area contributed by atoms with Crippen molar-refractivity contribution in [1.29, 1.82) is 0 Å². The lowest BCUT2D eigenvalue weighted by molar-refractivity contribution is 0.0994. The molecule has 0 saturated heterocycles. The average molecular weight is 465 g/mol. The standard InChI is InChI=1S/C18H15ClN2O6S2/c1-9-5-13-14(26-8-25-13)7-11(9)6-12(22)17-15(3-4-28-17)29(23,24)21-18-16(19)10(2)20-27-18/h3-5,7,21H,6,8H2,1-2H3/i1D3,2D3,5D,7D,8D2. The molecule has 0 bridgehead atoms. The van der Waals surface area contributed by atoms with Crippen molar-refractivity contribution < 1.29 is 40.9 Å². The molecule has 0 unspecified atom stereocenters. The summed E-state index contributed by atoms with van der Waals surface area (Å²) in [6.07, 6.45) is -0.868. The first-order valence-electron chi connectivity index (χ1n) is 12.6. The van der Waals surface area contributed by atoms with Gasteiger partial charge in [-0.15, -0.1) is 11.3 Å². The highest BCUT2D eigenvalue weighted by Crippen LogP contribution is 2.36. The summed E-state index contributed by atoms with van der Waals surface area (Å²) in [7, 11) is -4.63. The Morgan fingerprint density at radius 1 is 1.41 bits per heavy atom. The highest BCUT2D eigenvalue weighted by molar-refractivity contribution is 7.93. The Hall–Kier alpha value is -2.56. The monoisotopic (exact) mass is 464 g/mol. The number of ether oxygens (including phenoxy) is 2. The minimum atomic E-state index is -4.63. The summed E-state index contributed by atoms with van der Waals surface area (Å²) in [6, 6.07) is -0.478. The second-order valence-corrected chi connectivity index (χ2v) is 8.49. The van der Waals surface area contributed by atoms with Gasteiger partial charge in [-0.05, 0) is 48.4 Å². The van der Waals surface area contributed by atoms with Crippen molar-refractivity contribution in [1.82, 2.24) is 5.16 Å². The van der Waals surface area contributed by atoms with Gasteiger partial charge in [-0.3, -0.25) is 4.79 Å². The normalized spacial score (nSPS) is 20.6. The summed E-state index contributed by atoms with van der Waals surface area (Å²) in [4.78, 5) is 12.3. The van der Waals surface area contributed by atoms with Gasteiger partial charge in [0.05, 0.1) is 7.62 Å². The number of thiophene rings is 1. The molecule has 1 aliphatic heterocycles. The smallest absolute Gasteiger partial charge is 0.265 e. The third-order valence-electron chi connectivity index (χ3n) is 3.67. The van der Waals surface area contributed by atoms with Crippen LogP contribution >= 0.6 is 22.9 Å². The van der Waals surface area contributed by atoms with E-state index in [1.807, 2.05) is 4.72 Å². The molecule has 152 valence electrons. The van der Waals surface area contributed by atoms with Gasteiger partial charge >= 0.3 is 0 Å². The van der Waals surface area contributed by atoms with E-state index in [2.05, 4.69) is 5.16 Å². The lowest BCUT2D eigenvalue weighted by Crippen LogP contribution is -2.16. The van der Waals surface area contributed by atoms with E-state index in [0.717, 1.165) is 6.07 Å². The number of Topliss-reactive ketones (excluding diaryl/α,β-unsaturated/α-hetero) is 1. The largest absolute Gasteiger partial charge is 0.454 e. The van der Waals surface area contributed by atoms with Crippen molar-refractivity contribution >= 4 is 44.6 Å². The fraction of sp³-hybridized carbons (Fsp3) is 0.222. The zero-order valence-corrected chi connectivity index (χ0v) is 16.3. The molecule has 0 amide bonds. The number of halogens is 1. The van der Waals surface area contributed by atoms with Gasteiger partial charge in [0.15, 0.2) is 17.3 Å². The Bertz CT molecular complexity index is 1600. The number of benzene rings is 1. The van der Waals surface area contributed by atoms with E-state index in [1.54, 1.807) is 0 Å². The third-order valence-corrected chi connectivity index (χ3v) is 6.48. The SMILES string of the molecule is [2H]c1c(CC(=O)c2sccc2S(=O)(=O)Nc2onc(C([2H])([2H])[2H])c2Cl)c(C([2H])([2H])[2H])c([2H])c2c1OC([2H])([2H])O2. The molecule has 0 atom stereocenters. The van der Waals surface area contributed by atoms with Gasteiger partial charge in [-0.1, -0.05) is 16.8 Å². The first kappa shape index (κ1) is 11.0. The van der Waals surface area contributed by atoms with Gasteiger partial charge in [-0.2, -0.15) is 0 Å². The summed E-state index contributed by atoms with van der Waals surface area (Å²) in [5.41, 5.74) is -1.96. The molecular weight excluding hydrogens is 440 g/mol. The molecule has 1 aromatic carbocycles. The van der Waals surface area contributed by atoms with E-state index in [-0.39, 0.29) is 0 Å². The zero-order chi connectivity index (χ0) is 29.3. The summed E-state index contributed by atoms with van der Waals surface area (Å²) in [5.74, 6) is -2.87. The van der Waals surface area contributed by atoms with E-state index in [9.17, 15) is 13.2 Å². The number of anilines is 1. The van der Waals surface area contributed by atoms with E-state index in [4.69, 9.17) is 39.3 Å². The number of sulfonamides is 1. The van der Waals surface area contributed by atoms with Crippen LogP contribution in [0, 0.1) is 13.7 Å². The van der Waals surface area contributed by atoms with Crippen LogP contribution < -0.4 is 14.2 Å². The molecule has 8 nitrogen and oxygen atoms in total. The van der Waals surface area contributed by atoms with Crippen molar-refractivity contribution in [2.75, 3.05) is 11.5 Å². The molecule has 29 heavy (non-hydrogen) atoms. The first-order chi connectivity index (χ1) is 17.7. The van der Waals surface area contributed by atoms with Gasteiger partial charge in [0, 0.05) is 14.6 Å². The predicted molar refractivity (Wildman–Crippen MR) is 107 cm³/mol. The number of fused-ring (bicyclic) bond motifs is 1. The zero-order valence-electron chi connectivity index (χ0n) is 24.0. The number of nitrogens with zero attached hydrogens (tertiary/aromatic N) is 1. The maximum Gasteiger partial charge on any atom is 0.265 e. The minimum absolute atomic E-state index is 0.399. The average Bonchev–Trinajstić information content (AvgIpc) is 3.48. The molecule has 1 aliphatic rings. The Kier molecular flexibility index (Phi) is 2.79. The Balaban J connectivity index is 1.72. The lowest BCUT2D eigenvalue weighted by Gasteiger charge is -2.09. The Morgan fingerprint density at radius 2 is 2.21 bits per heavy atom. The van der Waals surface area contributed by atoms with Crippen LogP contribution in [-0.4, -0.2) is 26.1 Å². The number of carbonyl (C=O) groups is 1. The fourth-order valence-corrected chi connectivity index (χ4v) is 4.91. The minimum Gasteiger partial charge on any atom is -0.454 e. The number of hydrogen-bond acceptors (Lipinski definition) is 8. The predicted octanol–water partition coefficient (Wildman–Crippen LogP) is 3.96. The van der Waals surface area contributed by atoms with E-state index in [0.29, 0.717) is 11.3 Å². The van der Waals surface area contributed by atoms with Crippen molar-refractivity contribution in [3.05, 3.63) is 50.3 Å². The van der Waals surface area contributed by atoms with Crippen LogP contribution in [0.1, 0.15) is 40.2 Å². The van der Waals surface area contributed by atoms with E-state index in [1.165, 1.54) is 5.38 Å².